The third kappa shape index (κ3) is 4.25. The summed E-state index contributed by atoms with van der Waals surface area (Å²) in [5.74, 6) is -0.300. The molecule has 0 bridgehead atoms. The van der Waals surface area contributed by atoms with Crippen LogP contribution >= 0.6 is 0 Å². The molecule has 2 rings (SSSR count). The van der Waals surface area contributed by atoms with Crippen molar-refractivity contribution in [2.24, 2.45) is 4.99 Å². The van der Waals surface area contributed by atoms with Gasteiger partial charge in [0.05, 0.1) is 6.04 Å². The zero-order valence-corrected chi connectivity index (χ0v) is 14.5. The standard InChI is InChI=1S/C18H18F3N3O2/c1-11(7-18(19,20)21)6-13(8-22-3)12(2)24-9-15-14(17(24)26)4-5-23-16(15)10-25/h4-8,10,12H,9H2,1-3H3/b11-7+,13-6+,22-8-. The Morgan fingerprint density at radius 2 is 2.12 bits per heavy atom. The number of alkyl halides is 3. The van der Waals surface area contributed by atoms with Crippen LogP contribution in [-0.2, 0) is 6.54 Å². The fraction of sp³-hybridized carbons (Fsp3) is 0.333. The van der Waals surface area contributed by atoms with Crippen molar-refractivity contribution < 1.29 is 22.8 Å². The molecular formula is C18H18F3N3O2. The third-order valence-electron chi connectivity index (χ3n) is 4.03. The van der Waals surface area contributed by atoms with Gasteiger partial charge in [-0.3, -0.25) is 19.6 Å². The summed E-state index contributed by atoms with van der Waals surface area (Å²) in [7, 11) is 1.50. The van der Waals surface area contributed by atoms with Crippen molar-refractivity contribution in [2.45, 2.75) is 32.6 Å². The number of rotatable bonds is 5. The highest BCUT2D eigenvalue weighted by molar-refractivity contribution is 6.01. The van der Waals surface area contributed by atoms with E-state index in [1.54, 1.807) is 6.92 Å². The normalized spacial score (nSPS) is 17.0. The lowest BCUT2D eigenvalue weighted by Gasteiger charge is -2.25. The van der Waals surface area contributed by atoms with Crippen molar-refractivity contribution in [3.63, 3.8) is 0 Å². The smallest absolute Gasteiger partial charge is 0.327 e. The zero-order valence-electron chi connectivity index (χ0n) is 14.5. The molecule has 1 amide bonds. The van der Waals surface area contributed by atoms with Crippen LogP contribution in [0.2, 0.25) is 0 Å². The lowest BCUT2D eigenvalue weighted by molar-refractivity contribution is -0.0803. The Labute approximate surface area is 148 Å². The zero-order chi connectivity index (χ0) is 19.5. The summed E-state index contributed by atoms with van der Waals surface area (Å²) >= 11 is 0. The maximum absolute atomic E-state index is 12.6. The quantitative estimate of drug-likeness (QED) is 0.457. The highest BCUT2D eigenvalue weighted by atomic mass is 19.4. The molecule has 1 aromatic heterocycles. The fourth-order valence-corrected chi connectivity index (χ4v) is 2.84. The number of fused-ring (bicyclic) bond motifs is 1. The van der Waals surface area contributed by atoms with E-state index in [0.29, 0.717) is 23.0 Å². The van der Waals surface area contributed by atoms with Gasteiger partial charge in [0.2, 0.25) is 0 Å². The van der Waals surface area contributed by atoms with E-state index in [-0.39, 0.29) is 29.8 Å². The molecule has 1 aromatic rings. The number of nitrogens with zero attached hydrogens (tertiary/aromatic N) is 3. The Morgan fingerprint density at radius 1 is 1.42 bits per heavy atom. The van der Waals surface area contributed by atoms with Gasteiger partial charge in [0.25, 0.3) is 5.91 Å². The predicted molar refractivity (Wildman–Crippen MR) is 91.3 cm³/mol. The van der Waals surface area contributed by atoms with Gasteiger partial charge in [0.15, 0.2) is 6.29 Å². The van der Waals surface area contributed by atoms with Crippen LogP contribution in [0.15, 0.2) is 40.6 Å². The van der Waals surface area contributed by atoms with Crippen LogP contribution in [0.3, 0.4) is 0 Å². The molecule has 1 aliphatic heterocycles. The van der Waals surface area contributed by atoms with Crippen LogP contribution in [0, 0.1) is 0 Å². The summed E-state index contributed by atoms with van der Waals surface area (Å²) in [6, 6.07) is 0.999. The molecule has 0 saturated heterocycles. The van der Waals surface area contributed by atoms with Gasteiger partial charge in [-0.25, -0.2) is 0 Å². The van der Waals surface area contributed by atoms with Gasteiger partial charge < -0.3 is 4.90 Å². The van der Waals surface area contributed by atoms with Gasteiger partial charge in [0, 0.05) is 43.2 Å². The summed E-state index contributed by atoms with van der Waals surface area (Å²) in [5.41, 5.74) is 1.54. The summed E-state index contributed by atoms with van der Waals surface area (Å²) in [6.45, 7) is 3.19. The van der Waals surface area contributed by atoms with Gasteiger partial charge in [-0.15, -0.1) is 0 Å². The predicted octanol–water partition coefficient (Wildman–Crippen LogP) is 3.37. The minimum absolute atomic E-state index is 0.00124. The van der Waals surface area contributed by atoms with E-state index in [4.69, 9.17) is 0 Å². The molecule has 138 valence electrons. The van der Waals surface area contributed by atoms with Crippen LogP contribution in [0.4, 0.5) is 13.2 Å². The number of aromatic nitrogens is 1. The maximum atomic E-state index is 12.6. The number of halogens is 3. The molecule has 1 atom stereocenters. The molecule has 0 aliphatic carbocycles. The first-order valence-electron chi connectivity index (χ1n) is 7.82. The number of aliphatic imine (C=N–C) groups is 1. The van der Waals surface area contributed by atoms with Crippen molar-refractivity contribution in [2.75, 3.05) is 7.05 Å². The van der Waals surface area contributed by atoms with Crippen LogP contribution in [-0.4, -0.2) is 47.6 Å². The highest BCUT2D eigenvalue weighted by Gasteiger charge is 2.34. The minimum atomic E-state index is -4.43. The average molecular weight is 365 g/mol. The molecule has 2 heterocycles. The van der Waals surface area contributed by atoms with Crippen LogP contribution in [0.5, 0.6) is 0 Å². The molecule has 0 aromatic carbocycles. The molecule has 8 heteroatoms. The monoisotopic (exact) mass is 365 g/mol. The molecule has 1 aliphatic rings. The topological polar surface area (TPSA) is 62.6 Å². The Bertz CT molecular complexity index is 810. The van der Waals surface area contributed by atoms with Gasteiger partial charge in [-0.2, -0.15) is 13.2 Å². The molecule has 1 unspecified atom stereocenters. The first kappa shape index (κ1) is 19.6. The fourth-order valence-electron chi connectivity index (χ4n) is 2.84. The molecule has 0 fully saturated rings. The van der Waals surface area contributed by atoms with E-state index in [1.165, 1.54) is 43.4 Å². The van der Waals surface area contributed by atoms with Crippen molar-refractivity contribution in [1.29, 1.82) is 0 Å². The number of hydrogen-bond donors (Lipinski definition) is 0. The van der Waals surface area contributed by atoms with Gasteiger partial charge in [0.1, 0.15) is 5.69 Å². The summed E-state index contributed by atoms with van der Waals surface area (Å²) < 4.78 is 37.6. The summed E-state index contributed by atoms with van der Waals surface area (Å²) in [4.78, 5) is 33.1. The van der Waals surface area contributed by atoms with Gasteiger partial charge in [-0.1, -0.05) is 6.08 Å². The van der Waals surface area contributed by atoms with E-state index < -0.39 is 12.2 Å². The number of carbonyl (C=O) groups is 2. The number of hydrogen-bond acceptors (Lipinski definition) is 4. The van der Waals surface area contributed by atoms with Crippen LogP contribution in [0.25, 0.3) is 0 Å². The Kier molecular flexibility index (Phi) is 5.74. The number of carbonyl (C=O) groups excluding carboxylic acids is 2. The Morgan fingerprint density at radius 3 is 2.69 bits per heavy atom. The number of allylic oxidation sites excluding steroid dienone is 3. The van der Waals surface area contributed by atoms with Gasteiger partial charge in [-0.05, 0) is 31.1 Å². The lowest BCUT2D eigenvalue weighted by atomic mass is 10.0. The maximum Gasteiger partial charge on any atom is 0.410 e. The van der Waals surface area contributed by atoms with E-state index in [9.17, 15) is 22.8 Å². The van der Waals surface area contributed by atoms with E-state index in [1.807, 2.05) is 0 Å². The van der Waals surface area contributed by atoms with E-state index in [0.717, 1.165) is 0 Å². The number of aldehydes is 1. The van der Waals surface area contributed by atoms with Crippen molar-refractivity contribution in [1.82, 2.24) is 9.88 Å². The molecule has 26 heavy (non-hydrogen) atoms. The van der Waals surface area contributed by atoms with Crippen LogP contribution in [0.1, 0.15) is 40.3 Å². The number of pyridine rings is 1. The molecule has 0 spiro atoms. The molecule has 0 N–H and O–H groups in total. The Hall–Kier alpha value is -2.77. The summed E-state index contributed by atoms with van der Waals surface area (Å²) in [5, 5.41) is 0. The van der Waals surface area contributed by atoms with Crippen molar-refractivity contribution in [3.05, 3.63) is 52.4 Å². The van der Waals surface area contributed by atoms with E-state index in [2.05, 4.69) is 9.98 Å². The average Bonchev–Trinajstić information content (AvgIpc) is 2.89. The highest BCUT2D eigenvalue weighted by Crippen LogP contribution is 2.28. The van der Waals surface area contributed by atoms with Crippen molar-refractivity contribution in [3.8, 4) is 0 Å². The lowest BCUT2D eigenvalue weighted by Crippen LogP contribution is -2.35. The molecule has 0 radical (unpaired) electrons. The SMILES string of the molecule is C\N=C/C(=C\C(C)=C\C(F)(F)F)C(C)N1Cc2c(ccnc2C=O)C1=O. The molecule has 5 nitrogen and oxygen atoms in total. The number of amides is 1. The summed E-state index contributed by atoms with van der Waals surface area (Å²) in [6.07, 6.45) is 0.504. The van der Waals surface area contributed by atoms with Crippen LogP contribution < -0.4 is 0 Å². The first-order chi connectivity index (χ1) is 12.2. The third-order valence-corrected chi connectivity index (χ3v) is 4.03. The second-order valence-corrected chi connectivity index (χ2v) is 5.91. The molecular weight excluding hydrogens is 347 g/mol. The van der Waals surface area contributed by atoms with E-state index >= 15 is 0 Å². The largest absolute Gasteiger partial charge is 0.410 e. The first-order valence-corrected chi connectivity index (χ1v) is 7.82. The second kappa shape index (κ2) is 7.63. The van der Waals surface area contributed by atoms with Crippen molar-refractivity contribution >= 4 is 18.4 Å². The van der Waals surface area contributed by atoms with Gasteiger partial charge >= 0.3 is 6.18 Å². The Balaban J connectivity index is 2.37. The molecule has 0 saturated carbocycles. The minimum Gasteiger partial charge on any atom is -0.327 e. The second-order valence-electron chi connectivity index (χ2n) is 5.91.